The number of hydrogen-bond donors (Lipinski definition) is 3. The van der Waals surface area contributed by atoms with E-state index in [0.717, 1.165) is 19.4 Å². The lowest BCUT2D eigenvalue weighted by atomic mass is 9.75. The monoisotopic (exact) mass is 326 g/mol. The Labute approximate surface area is 140 Å². The fraction of sp³-hybridized carbons (Fsp3) is 0.625. The summed E-state index contributed by atoms with van der Waals surface area (Å²) in [5, 5.41) is 13.5. The fourth-order valence-corrected chi connectivity index (χ4v) is 3.03. The molecule has 3 atom stereocenters. The van der Waals surface area contributed by atoms with E-state index in [1.165, 1.54) is 5.56 Å². The minimum absolute atomic E-state index is 0. The molecule has 2 rings (SSSR count). The van der Waals surface area contributed by atoms with Crippen LogP contribution in [0.4, 0.5) is 0 Å². The first-order valence-electron chi connectivity index (χ1n) is 7.91. The molecule has 0 spiro atoms. The predicted molar refractivity (Wildman–Crippen MR) is 94.2 cm³/mol. The molecule has 6 heteroatoms. The molecule has 0 aromatic heterocycles. The first-order chi connectivity index (χ1) is 10.1. The van der Waals surface area contributed by atoms with Crippen LogP contribution in [0.3, 0.4) is 0 Å². The Bertz CT molecular complexity index is 422. The number of rotatable bonds is 7. The van der Waals surface area contributed by atoms with Gasteiger partial charge in [-0.1, -0.05) is 44.2 Å². The van der Waals surface area contributed by atoms with Gasteiger partial charge in [-0.15, -0.1) is 12.4 Å². The van der Waals surface area contributed by atoms with Gasteiger partial charge in [0, 0.05) is 24.5 Å². The first-order valence-corrected chi connectivity index (χ1v) is 7.91. The highest BCUT2D eigenvalue weighted by molar-refractivity contribution is 6.44. The van der Waals surface area contributed by atoms with E-state index in [2.05, 4.69) is 43.4 Å². The normalized spacial score (nSPS) is 22.4. The van der Waals surface area contributed by atoms with Crippen molar-refractivity contribution < 1.29 is 9.68 Å². The molecule has 22 heavy (non-hydrogen) atoms. The Kier molecular flexibility index (Phi) is 8.43. The van der Waals surface area contributed by atoms with Gasteiger partial charge in [0.1, 0.15) is 0 Å². The van der Waals surface area contributed by atoms with E-state index >= 15 is 0 Å². The van der Waals surface area contributed by atoms with Crippen LogP contribution < -0.4 is 11.1 Å². The number of nitrogens with one attached hydrogen (secondary N) is 1. The summed E-state index contributed by atoms with van der Waals surface area (Å²) in [7, 11) is -0.883. The van der Waals surface area contributed by atoms with E-state index < -0.39 is 7.12 Å². The van der Waals surface area contributed by atoms with Crippen molar-refractivity contribution in [3.05, 3.63) is 35.9 Å². The quantitative estimate of drug-likeness (QED) is 0.670. The summed E-state index contributed by atoms with van der Waals surface area (Å²) in [5.41, 5.74) is 7.28. The topological polar surface area (TPSA) is 67.5 Å². The Morgan fingerprint density at radius 3 is 2.68 bits per heavy atom. The molecule has 0 bridgehead atoms. The third-order valence-electron chi connectivity index (χ3n) is 4.13. The molecule has 0 saturated carbocycles. The smallest absolute Gasteiger partial charge is 0.426 e. The molecule has 1 saturated heterocycles. The van der Waals surface area contributed by atoms with Crippen LogP contribution >= 0.6 is 12.4 Å². The van der Waals surface area contributed by atoms with Gasteiger partial charge in [-0.2, -0.15) is 0 Å². The lowest BCUT2D eigenvalue weighted by molar-refractivity contribution is 0.214. The molecule has 1 aliphatic rings. The van der Waals surface area contributed by atoms with Gasteiger partial charge in [0.2, 0.25) is 0 Å². The van der Waals surface area contributed by atoms with Crippen molar-refractivity contribution in [2.75, 3.05) is 13.2 Å². The van der Waals surface area contributed by atoms with Crippen LogP contribution in [-0.2, 0) is 4.65 Å². The van der Waals surface area contributed by atoms with Crippen molar-refractivity contribution in [2.45, 2.75) is 44.6 Å². The van der Waals surface area contributed by atoms with Crippen LogP contribution in [-0.4, -0.2) is 37.3 Å². The van der Waals surface area contributed by atoms with E-state index in [1.54, 1.807) is 0 Å². The summed E-state index contributed by atoms with van der Waals surface area (Å²) >= 11 is 0. The van der Waals surface area contributed by atoms with E-state index in [9.17, 15) is 5.02 Å². The molecule has 124 valence electrons. The van der Waals surface area contributed by atoms with Crippen molar-refractivity contribution in [1.82, 2.24) is 5.32 Å². The van der Waals surface area contributed by atoms with Crippen LogP contribution in [0.25, 0.3) is 0 Å². The van der Waals surface area contributed by atoms with Gasteiger partial charge >= 0.3 is 7.12 Å². The van der Waals surface area contributed by atoms with Crippen LogP contribution in [0.15, 0.2) is 30.3 Å². The Balaban J connectivity index is 0.00000242. The lowest BCUT2D eigenvalue weighted by Gasteiger charge is -2.23. The zero-order valence-corrected chi connectivity index (χ0v) is 14.3. The molecule has 1 heterocycles. The number of halogens is 1. The summed E-state index contributed by atoms with van der Waals surface area (Å²) in [6, 6.07) is 10.7. The summed E-state index contributed by atoms with van der Waals surface area (Å²) in [6.07, 6.45) is 1.87. The third-order valence-corrected chi connectivity index (χ3v) is 4.13. The highest BCUT2D eigenvalue weighted by Crippen LogP contribution is 2.27. The molecule has 0 amide bonds. The standard InChI is InChI=1S/C16H27BN2O2.ClH/c1-12(2)10-16(18)17(20)21-11-15-14(8-9-19-15)13-6-4-3-5-7-13;/h3-7,12,14-16,19-20H,8-11,18H2,1-2H3;1H/t14-,15-,16+;/m1./s1. The molecule has 0 unspecified atom stereocenters. The number of hydrogen-bond acceptors (Lipinski definition) is 4. The molecular formula is C16H28BClN2O2. The fourth-order valence-electron chi connectivity index (χ4n) is 3.03. The third kappa shape index (κ3) is 5.56. The summed E-state index contributed by atoms with van der Waals surface area (Å²) in [6.45, 7) is 5.67. The number of benzene rings is 1. The molecule has 1 fully saturated rings. The van der Waals surface area contributed by atoms with E-state index in [-0.39, 0.29) is 24.4 Å². The van der Waals surface area contributed by atoms with Gasteiger partial charge in [-0.3, -0.25) is 0 Å². The molecule has 1 aromatic rings. The van der Waals surface area contributed by atoms with E-state index in [0.29, 0.717) is 18.4 Å². The Morgan fingerprint density at radius 1 is 1.36 bits per heavy atom. The molecular weight excluding hydrogens is 298 g/mol. The van der Waals surface area contributed by atoms with Gasteiger partial charge in [0.25, 0.3) is 0 Å². The van der Waals surface area contributed by atoms with Gasteiger partial charge in [0.15, 0.2) is 0 Å². The average Bonchev–Trinajstić information content (AvgIpc) is 2.93. The SMILES string of the molecule is CC(C)C[C@H](N)B(O)OC[C@H]1NCC[C@@H]1c1ccccc1.Cl. The molecule has 4 N–H and O–H groups in total. The highest BCUT2D eigenvalue weighted by Gasteiger charge is 2.31. The van der Waals surface area contributed by atoms with Crippen molar-refractivity contribution >= 4 is 19.5 Å². The second kappa shape index (κ2) is 9.53. The zero-order chi connectivity index (χ0) is 15.2. The maximum Gasteiger partial charge on any atom is 0.472 e. The summed E-state index contributed by atoms with van der Waals surface area (Å²) in [4.78, 5) is 0. The van der Waals surface area contributed by atoms with Crippen molar-refractivity contribution in [3.8, 4) is 0 Å². The molecule has 0 aliphatic carbocycles. The second-order valence-electron chi connectivity index (χ2n) is 6.38. The molecule has 1 aliphatic heterocycles. The highest BCUT2D eigenvalue weighted by atomic mass is 35.5. The minimum Gasteiger partial charge on any atom is -0.426 e. The predicted octanol–water partition coefficient (Wildman–Crippen LogP) is 1.96. The maximum atomic E-state index is 10.0. The van der Waals surface area contributed by atoms with Gasteiger partial charge in [-0.25, -0.2) is 0 Å². The number of nitrogens with two attached hydrogens (primary N) is 1. The average molecular weight is 327 g/mol. The largest absolute Gasteiger partial charge is 0.472 e. The Morgan fingerprint density at radius 2 is 2.05 bits per heavy atom. The van der Waals surface area contributed by atoms with E-state index in [1.807, 2.05) is 6.07 Å². The maximum absolute atomic E-state index is 10.0. The summed E-state index contributed by atoms with van der Waals surface area (Å²) < 4.78 is 5.61. The minimum atomic E-state index is -0.883. The van der Waals surface area contributed by atoms with Crippen LogP contribution in [0.5, 0.6) is 0 Å². The zero-order valence-electron chi connectivity index (χ0n) is 13.4. The van der Waals surface area contributed by atoms with Crippen LogP contribution in [0.2, 0.25) is 0 Å². The Hall–Kier alpha value is -0.585. The lowest BCUT2D eigenvalue weighted by Crippen LogP contribution is -2.45. The van der Waals surface area contributed by atoms with Gasteiger partial charge < -0.3 is 20.7 Å². The van der Waals surface area contributed by atoms with Crippen molar-refractivity contribution in [2.24, 2.45) is 11.7 Å². The molecule has 1 aromatic carbocycles. The molecule has 4 nitrogen and oxygen atoms in total. The van der Waals surface area contributed by atoms with Gasteiger partial charge in [0.05, 0.1) is 0 Å². The molecule has 0 radical (unpaired) electrons. The van der Waals surface area contributed by atoms with Crippen molar-refractivity contribution in [3.63, 3.8) is 0 Å². The first kappa shape index (κ1) is 19.5. The van der Waals surface area contributed by atoms with E-state index in [4.69, 9.17) is 10.4 Å². The van der Waals surface area contributed by atoms with Crippen molar-refractivity contribution in [1.29, 1.82) is 0 Å². The second-order valence-corrected chi connectivity index (χ2v) is 6.38. The van der Waals surface area contributed by atoms with Crippen LogP contribution in [0, 0.1) is 5.92 Å². The summed E-state index contributed by atoms with van der Waals surface area (Å²) in [5.74, 6) is 0.584. The van der Waals surface area contributed by atoms with Crippen LogP contribution in [0.1, 0.15) is 38.2 Å². The van der Waals surface area contributed by atoms with Gasteiger partial charge in [-0.05, 0) is 30.9 Å².